The normalized spacial score (nSPS) is 14.4. The number of furan rings is 1. The summed E-state index contributed by atoms with van der Waals surface area (Å²) in [6, 6.07) is 3.28. The second-order valence-corrected chi connectivity index (χ2v) is 3.35. The standard InChI is InChI=1S/C9H12N4O2/c10-8(12-7-2-1-5-15-7)13-9(14)11-6-3-4-6/h1-2,5-6H,3-4H2,(H4,10,11,12,13,14). The molecule has 0 aromatic carbocycles. The monoisotopic (exact) mass is 208 g/mol. The van der Waals surface area contributed by atoms with Crippen molar-refractivity contribution in [3.63, 3.8) is 0 Å². The molecule has 6 nitrogen and oxygen atoms in total. The summed E-state index contributed by atoms with van der Waals surface area (Å²) in [5.41, 5.74) is 0. The van der Waals surface area contributed by atoms with Crippen molar-refractivity contribution in [1.29, 1.82) is 5.41 Å². The quantitative estimate of drug-likeness (QED) is 0.433. The lowest BCUT2D eigenvalue weighted by molar-refractivity contribution is 0.245. The Morgan fingerprint density at radius 1 is 1.53 bits per heavy atom. The summed E-state index contributed by atoms with van der Waals surface area (Å²) >= 11 is 0. The average molecular weight is 208 g/mol. The molecule has 1 aromatic rings. The van der Waals surface area contributed by atoms with Gasteiger partial charge < -0.3 is 9.73 Å². The summed E-state index contributed by atoms with van der Waals surface area (Å²) in [6.07, 6.45) is 3.53. The number of carbonyl (C=O) groups is 1. The molecule has 1 fully saturated rings. The van der Waals surface area contributed by atoms with Crippen LogP contribution in [0, 0.1) is 5.41 Å². The molecule has 0 spiro atoms. The zero-order valence-electron chi connectivity index (χ0n) is 8.04. The fraction of sp³-hybridized carbons (Fsp3) is 0.333. The van der Waals surface area contributed by atoms with E-state index in [9.17, 15) is 4.79 Å². The highest BCUT2D eigenvalue weighted by molar-refractivity contribution is 6.01. The Morgan fingerprint density at radius 3 is 2.93 bits per heavy atom. The minimum atomic E-state index is -0.360. The molecule has 0 saturated heterocycles. The van der Waals surface area contributed by atoms with Crippen molar-refractivity contribution in [3.05, 3.63) is 18.4 Å². The number of carbonyl (C=O) groups excluding carboxylic acids is 1. The minimum Gasteiger partial charge on any atom is -0.449 e. The molecule has 80 valence electrons. The molecular weight excluding hydrogens is 196 g/mol. The van der Waals surface area contributed by atoms with Crippen molar-refractivity contribution >= 4 is 17.9 Å². The highest BCUT2D eigenvalue weighted by atomic mass is 16.3. The third-order valence-electron chi connectivity index (χ3n) is 1.92. The minimum absolute atomic E-state index is 0.108. The Morgan fingerprint density at radius 2 is 2.33 bits per heavy atom. The van der Waals surface area contributed by atoms with Crippen molar-refractivity contribution < 1.29 is 9.21 Å². The Bertz CT molecular complexity index is 356. The molecule has 0 bridgehead atoms. The molecule has 1 heterocycles. The van der Waals surface area contributed by atoms with Crippen LogP contribution in [0.25, 0.3) is 0 Å². The maximum absolute atomic E-state index is 11.2. The van der Waals surface area contributed by atoms with Gasteiger partial charge in [-0.1, -0.05) is 0 Å². The number of anilines is 1. The maximum Gasteiger partial charge on any atom is 0.321 e. The van der Waals surface area contributed by atoms with Crippen LogP contribution in [0.4, 0.5) is 10.7 Å². The van der Waals surface area contributed by atoms with Crippen LogP contribution < -0.4 is 16.0 Å². The number of urea groups is 1. The van der Waals surface area contributed by atoms with Crippen molar-refractivity contribution in [2.45, 2.75) is 18.9 Å². The highest BCUT2D eigenvalue weighted by Crippen LogP contribution is 2.18. The summed E-state index contributed by atoms with van der Waals surface area (Å²) < 4.78 is 4.96. The van der Waals surface area contributed by atoms with Gasteiger partial charge in [0.05, 0.1) is 6.26 Å². The van der Waals surface area contributed by atoms with Gasteiger partial charge in [0.25, 0.3) is 0 Å². The smallest absolute Gasteiger partial charge is 0.321 e. The lowest BCUT2D eigenvalue weighted by Crippen LogP contribution is -2.42. The van der Waals surface area contributed by atoms with Crippen LogP contribution >= 0.6 is 0 Å². The van der Waals surface area contributed by atoms with E-state index < -0.39 is 0 Å². The van der Waals surface area contributed by atoms with Crippen LogP contribution in [0.3, 0.4) is 0 Å². The van der Waals surface area contributed by atoms with Crippen LogP contribution in [-0.4, -0.2) is 18.0 Å². The Hall–Kier alpha value is -1.98. The molecule has 1 saturated carbocycles. The lowest BCUT2D eigenvalue weighted by atomic mass is 10.6. The second-order valence-electron chi connectivity index (χ2n) is 3.35. The summed E-state index contributed by atoms with van der Waals surface area (Å²) in [4.78, 5) is 11.2. The van der Waals surface area contributed by atoms with Gasteiger partial charge in [-0.15, -0.1) is 0 Å². The lowest BCUT2D eigenvalue weighted by Gasteiger charge is -2.07. The second kappa shape index (κ2) is 4.04. The van der Waals surface area contributed by atoms with E-state index in [4.69, 9.17) is 9.83 Å². The summed E-state index contributed by atoms with van der Waals surface area (Å²) in [6.45, 7) is 0. The van der Waals surface area contributed by atoms with Gasteiger partial charge in [0.15, 0.2) is 5.88 Å². The van der Waals surface area contributed by atoms with Gasteiger partial charge in [0.2, 0.25) is 5.96 Å². The Balaban J connectivity index is 1.73. The zero-order chi connectivity index (χ0) is 10.7. The van der Waals surface area contributed by atoms with Gasteiger partial charge >= 0.3 is 6.03 Å². The molecule has 15 heavy (non-hydrogen) atoms. The SMILES string of the molecule is N=C(NC(=O)NC1CC1)Nc1ccco1. The van der Waals surface area contributed by atoms with Crippen molar-refractivity contribution in [1.82, 2.24) is 10.6 Å². The third-order valence-corrected chi connectivity index (χ3v) is 1.92. The van der Waals surface area contributed by atoms with Crippen LogP contribution in [0.1, 0.15) is 12.8 Å². The predicted molar refractivity (Wildman–Crippen MR) is 54.7 cm³/mol. The highest BCUT2D eigenvalue weighted by Gasteiger charge is 2.23. The zero-order valence-corrected chi connectivity index (χ0v) is 8.04. The van der Waals surface area contributed by atoms with Gasteiger partial charge in [-0.3, -0.25) is 16.0 Å². The van der Waals surface area contributed by atoms with E-state index in [1.807, 2.05) is 0 Å². The third kappa shape index (κ3) is 3.01. The molecule has 1 aliphatic rings. The van der Waals surface area contributed by atoms with E-state index in [1.165, 1.54) is 6.26 Å². The number of rotatable bonds is 2. The Labute approximate surface area is 86.5 Å². The van der Waals surface area contributed by atoms with E-state index in [2.05, 4.69) is 16.0 Å². The van der Waals surface area contributed by atoms with Crippen molar-refractivity contribution in [2.24, 2.45) is 0 Å². The molecule has 2 amide bonds. The molecule has 2 rings (SSSR count). The van der Waals surface area contributed by atoms with Crippen molar-refractivity contribution in [2.75, 3.05) is 5.32 Å². The first-order valence-corrected chi connectivity index (χ1v) is 4.70. The molecule has 0 atom stereocenters. The first-order chi connectivity index (χ1) is 7.24. The van der Waals surface area contributed by atoms with E-state index in [-0.39, 0.29) is 18.0 Å². The number of hydrogen-bond donors (Lipinski definition) is 4. The number of hydrogen-bond acceptors (Lipinski definition) is 3. The van der Waals surface area contributed by atoms with Gasteiger partial charge in [-0.05, 0) is 18.9 Å². The van der Waals surface area contributed by atoms with Crippen LogP contribution in [-0.2, 0) is 0 Å². The van der Waals surface area contributed by atoms with E-state index in [0.29, 0.717) is 5.88 Å². The molecular formula is C9H12N4O2. The fourth-order valence-corrected chi connectivity index (χ4v) is 1.07. The number of amides is 2. The number of guanidine groups is 1. The molecule has 1 aliphatic carbocycles. The number of nitrogens with one attached hydrogen (secondary N) is 4. The van der Waals surface area contributed by atoms with Crippen LogP contribution in [0.5, 0.6) is 0 Å². The van der Waals surface area contributed by atoms with Crippen LogP contribution in [0.2, 0.25) is 0 Å². The molecule has 0 unspecified atom stereocenters. The summed E-state index contributed by atoms with van der Waals surface area (Å²) in [7, 11) is 0. The average Bonchev–Trinajstić information content (AvgIpc) is 2.80. The fourth-order valence-electron chi connectivity index (χ4n) is 1.07. The Kier molecular flexibility index (Phi) is 2.57. The van der Waals surface area contributed by atoms with Gasteiger partial charge in [0, 0.05) is 12.1 Å². The van der Waals surface area contributed by atoms with E-state index in [1.54, 1.807) is 12.1 Å². The summed E-state index contributed by atoms with van der Waals surface area (Å²) in [5.74, 6) is 0.315. The topological polar surface area (TPSA) is 90.2 Å². The molecule has 0 aliphatic heterocycles. The summed E-state index contributed by atoms with van der Waals surface area (Å²) in [5, 5.41) is 15.1. The van der Waals surface area contributed by atoms with Gasteiger partial charge in [0.1, 0.15) is 0 Å². The van der Waals surface area contributed by atoms with Gasteiger partial charge in [-0.2, -0.15) is 0 Å². The first kappa shape index (κ1) is 9.57. The molecule has 0 radical (unpaired) electrons. The molecule has 6 heteroatoms. The van der Waals surface area contributed by atoms with E-state index in [0.717, 1.165) is 12.8 Å². The predicted octanol–water partition coefficient (Wildman–Crippen LogP) is 1.09. The maximum atomic E-state index is 11.2. The molecule has 1 aromatic heterocycles. The largest absolute Gasteiger partial charge is 0.449 e. The van der Waals surface area contributed by atoms with E-state index >= 15 is 0 Å². The van der Waals surface area contributed by atoms with Gasteiger partial charge in [-0.25, -0.2) is 4.79 Å². The van der Waals surface area contributed by atoms with Crippen molar-refractivity contribution in [3.8, 4) is 0 Å². The molecule has 4 N–H and O–H groups in total. The van der Waals surface area contributed by atoms with Crippen LogP contribution in [0.15, 0.2) is 22.8 Å². The first-order valence-electron chi connectivity index (χ1n) is 4.70.